The molecule has 0 aromatic heterocycles. The summed E-state index contributed by atoms with van der Waals surface area (Å²) in [6.45, 7) is 9.42. The monoisotopic (exact) mass is 432 g/mol. The lowest BCUT2D eigenvalue weighted by atomic mass is 9.45. The molecule has 5 aliphatic rings. The van der Waals surface area contributed by atoms with Crippen molar-refractivity contribution in [2.24, 2.45) is 28.6 Å². The van der Waals surface area contributed by atoms with Gasteiger partial charge in [-0.15, -0.1) is 0 Å². The predicted molar refractivity (Wildman–Crippen MR) is 112 cm³/mol. The molecule has 6 heteroatoms. The van der Waals surface area contributed by atoms with Crippen molar-refractivity contribution in [1.29, 1.82) is 0 Å². The third-order valence-corrected chi connectivity index (χ3v) is 9.52. The molecule has 170 valence electrons. The average Bonchev–Trinajstić information content (AvgIpc) is 2.88. The first-order chi connectivity index (χ1) is 14.3. The molecule has 31 heavy (non-hydrogen) atoms. The molecule has 1 N–H and O–H groups in total. The summed E-state index contributed by atoms with van der Waals surface area (Å²) in [6.07, 6.45) is 5.32. The second kappa shape index (κ2) is 6.15. The zero-order chi connectivity index (χ0) is 22.6. The highest BCUT2D eigenvalue weighted by atomic mass is 19.1. The van der Waals surface area contributed by atoms with Crippen molar-refractivity contribution in [2.75, 3.05) is 6.61 Å². The molecule has 8 atom stereocenters. The van der Waals surface area contributed by atoms with Crippen LogP contribution in [0.4, 0.5) is 4.39 Å². The Morgan fingerprint density at radius 1 is 1.16 bits per heavy atom. The number of aliphatic hydroxyl groups excluding tert-OH is 1. The zero-order valence-electron chi connectivity index (χ0n) is 19.0. The lowest BCUT2D eigenvalue weighted by Crippen LogP contribution is -2.71. The number of alkyl halides is 1. The number of ketones is 2. The zero-order valence-corrected chi connectivity index (χ0v) is 19.0. The molecule has 3 fully saturated rings. The van der Waals surface area contributed by atoms with Crippen molar-refractivity contribution >= 4 is 11.6 Å². The normalized spacial score (nSPS) is 53.1. The van der Waals surface area contributed by atoms with Gasteiger partial charge in [0.05, 0.1) is 6.10 Å². The van der Waals surface area contributed by atoms with E-state index in [2.05, 4.69) is 0 Å². The Morgan fingerprint density at radius 2 is 1.87 bits per heavy atom. The molecule has 0 aromatic carbocycles. The van der Waals surface area contributed by atoms with E-state index in [-0.39, 0.29) is 42.9 Å². The van der Waals surface area contributed by atoms with Gasteiger partial charge < -0.3 is 14.6 Å². The smallest absolute Gasteiger partial charge is 0.191 e. The number of ether oxygens (including phenoxy) is 2. The van der Waals surface area contributed by atoms with Crippen molar-refractivity contribution in [2.45, 2.75) is 83.5 Å². The summed E-state index contributed by atoms with van der Waals surface area (Å²) in [5.41, 5.74) is -3.97. The van der Waals surface area contributed by atoms with E-state index in [1.54, 1.807) is 6.08 Å². The van der Waals surface area contributed by atoms with E-state index >= 15 is 4.39 Å². The van der Waals surface area contributed by atoms with Crippen LogP contribution in [0.2, 0.25) is 0 Å². The van der Waals surface area contributed by atoms with E-state index in [0.717, 1.165) is 5.57 Å². The fourth-order valence-electron chi connectivity index (χ4n) is 8.07. The molecule has 1 spiro atoms. The molecule has 1 heterocycles. The van der Waals surface area contributed by atoms with Crippen molar-refractivity contribution in [3.05, 3.63) is 23.8 Å². The van der Waals surface area contributed by atoms with Crippen molar-refractivity contribution in [1.82, 2.24) is 0 Å². The lowest BCUT2D eigenvalue weighted by molar-refractivity contribution is -0.326. The number of fused-ring (bicyclic) bond motifs is 6. The van der Waals surface area contributed by atoms with Crippen LogP contribution in [0.3, 0.4) is 0 Å². The first-order valence-corrected chi connectivity index (χ1v) is 11.5. The third kappa shape index (κ3) is 2.37. The van der Waals surface area contributed by atoms with E-state index in [0.29, 0.717) is 12.8 Å². The second-order valence-electron chi connectivity index (χ2n) is 11.3. The van der Waals surface area contributed by atoms with E-state index in [1.165, 1.54) is 6.08 Å². The Morgan fingerprint density at radius 3 is 2.58 bits per heavy atom. The average molecular weight is 433 g/mol. The quantitative estimate of drug-likeness (QED) is 0.591. The van der Waals surface area contributed by atoms with Crippen LogP contribution in [0.5, 0.6) is 0 Å². The van der Waals surface area contributed by atoms with E-state index in [1.807, 2.05) is 40.7 Å². The molecule has 5 nitrogen and oxygen atoms in total. The van der Waals surface area contributed by atoms with E-state index < -0.39 is 39.9 Å². The van der Waals surface area contributed by atoms with Gasteiger partial charge >= 0.3 is 0 Å². The molecule has 1 aliphatic heterocycles. The van der Waals surface area contributed by atoms with Gasteiger partial charge in [0, 0.05) is 23.2 Å². The SMILES string of the molecule is C[C@@H]1CC2C3CC=C4CC(=O)C=C[C@]4(C)[C@@]3(F)[C@@H](O)C[C@]2(C)[C@]12OC(C)(C)OCC2=O. The molecule has 2 saturated carbocycles. The minimum atomic E-state index is -1.90. The maximum Gasteiger partial charge on any atom is 0.191 e. The summed E-state index contributed by atoms with van der Waals surface area (Å²) in [7, 11) is 0. The first kappa shape index (κ1) is 21.5. The van der Waals surface area contributed by atoms with Gasteiger partial charge in [0.15, 0.2) is 23.0 Å². The van der Waals surface area contributed by atoms with Gasteiger partial charge in [-0.3, -0.25) is 9.59 Å². The Kier molecular flexibility index (Phi) is 4.26. The first-order valence-electron chi connectivity index (χ1n) is 11.5. The molecule has 4 aliphatic carbocycles. The molecule has 0 radical (unpaired) electrons. The van der Waals surface area contributed by atoms with Crippen molar-refractivity contribution < 1.29 is 28.6 Å². The van der Waals surface area contributed by atoms with Gasteiger partial charge in [0.2, 0.25) is 0 Å². The van der Waals surface area contributed by atoms with Crippen LogP contribution >= 0.6 is 0 Å². The summed E-state index contributed by atoms with van der Waals surface area (Å²) < 4.78 is 29.3. The Balaban J connectivity index is 1.64. The molecule has 1 saturated heterocycles. The van der Waals surface area contributed by atoms with Crippen LogP contribution in [-0.4, -0.2) is 46.4 Å². The van der Waals surface area contributed by atoms with E-state index in [9.17, 15) is 14.7 Å². The number of carbonyl (C=O) groups excluding carboxylic acids is 2. The van der Waals surface area contributed by atoms with Gasteiger partial charge in [0.25, 0.3) is 0 Å². The number of rotatable bonds is 0. The number of halogens is 1. The Bertz CT molecular complexity index is 923. The number of aliphatic hydroxyl groups is 1. The van der Waals surface area contributed by atoms with Crippen molar-refractivity contribution in [3.8, 4) is 0 Å². The molecule has 0 bridgehead atoms. The number of Topliss-reactive ketones (excluding diaryl/α,β-unsaturated/α-hetero) is 1. The molecule has 5 rings (SSSR count). The topological polar surface area (TPSA) is 72.8 Å². The summed E-state index contributed by atoms with van der Waals surface area (Å²) in [6, 6.07) is 0. The van der Waals surface area contributed by atoms with Crippen LogP contribution in [-0.2, 0) is 19.1 Å². The van der Waals surface area contributed by atoms with Crippen LogP contribution in [0, 0.1) is 28.6 Å². The summed E-state index contributed by atoms with van der Waals surface area (Å²) in [5, 5.41) is 11.4. The standard InChI is InChI=1S/C25H33FO5/c1-14-10-18-17-7-6-15-11-16(27)8-9-22(15,4)24(17,26)19(28)12-23(18,5)25(14)20(29)13-30-21(2,3)31-25/h6,8-9,14,17-19,28H,7,10-13H2,1-5H3/t14-,17?,18?,19+,22+,23+,24+,25+/m1/s1. The van der Waals surface area contributed by atoms with Gasteiger partial charge in [-0.05, 0) is 57.9 Å². The van der Waals surface area contributed by atoms with Crippen LogP contribution in [0.15, 0.2) is 23.8 Å². The second-order valence-corrected chi connectivity index (χ2v) is 11.3. The van der Waals surface area contributed by atoms with Gasteiger partial charge in [0.1, 0.15) is 12.2 Å². The number of allylic oxidation sites excluding steroid dienone is 4. The maximum atomic E-state index is 17.2. The van der Waals surface area contributed by atoms with Gasteiger partial charge in [-0.1, -0.05) is 31.6 Å². The van der Waals surface area contributed by atoms with Crippen LogP contribution in [0.25, 0.3) is 0 Å². The largest absolute Gasteiger partial charge is 0.390 e. The molecular weight excluding hydrogens is 399 g/mol. The third-order valence-electron chi connectivity index (χ3n) is 9.52. The number of hydrogen-bond acceptors (Lipinski definition) is 5. The van der Waals surface area contributed by atoms with Crippen LogP contribution < -0.4 is 0 Å². The lowest BCUT2D eigenvalue weighted by Gasteiger charge is -2.63. The number of carbonyl (C=O) groups is 2. The maximum absolute atomic E-state index is 17.2. The molecule has 0 aromatic rings. The van der Waals surface area contributed by atoms with Crippen LogP contribution in [0.1, 0.15) is 60.3 Å². The molecular formula is C25H33FO5. The summed E-state index contributed by atoms with van der Waals surface area (Å²) >= 11 is 0. The number of hydrogen-bond donors (Lipinski definition) is 1. The minimum Gasteiger partial charge on any atom is -0.390 e. The predicted octanol–water partition coefficient (Wildman–Crippen LogP) is 3.69. The van der Waals surface area contributed by atoms with E-state index in [4.69, 9.17) is 9.47 Å². The van der Waals surface area contributed by atoms with Gasteiger partial charge in [-0.2, -0.15) is 0 Å². The highest BCUT2D eigenvalue weighted by molar-refractivity contribution is 5.93. The Labute approximate surface area is 183 Å². The molecule has 0 amide bonds. The summed E-state index contributed by atoms with van der Waals surface area (Å²) in [5.74, 6) is -1.77. The fraction of sp³-hybridized carbons (Fsp3) is 0.760. The Hall–Kier alpha value is -1.37. The fourth-order valence-corrected chi connectivity index (χ4v) is 8.07. The highest BCUT2D eigenvalue weighted by Gasteiger charge is 2.77. The molecule has 2 unspecified atom stereocenters. The van der Waals surface area contributed by atoms with Gasteiger partial charge in [-0.25, -0.2) is 4.39 Å². The highest BCUT2D eigenvalue weighted by Crippen LogP contribution is 2.71. The van der Waals surface area contributed by atoms with Crippen molar-refractivity contribution in [3.63, 3.8) is 0 Å². The summed E-state index contributed by atoms with van der Waals surface area (Å²) in [4.78, 5) is 25.4. The minimum absolute atomic E-state index is 0.0298.